The van der Waals surface area contributed by atoms with Crippen molar-refractivity contribution in [1.82, 2.24) is 19.8 Å². The standard InChI is InChI=1S/C16H26N4OS/c1-3-20-14(21)9-12(10-18-13-5-4-8-22-11-13)15(20)16-17-6-7-19(16)2/h6-7,12-13,15,18H,3-5,8-11H2,1-2H3/t12-,13?,15+/m0/s1. The molecule has 0 bridgehead atoms. The van der Waals surface area contributed by atoms with Crippen molar-refractivity contribution in [3.63, 3.8) is 0 Å². The monoisotopic (exact) mass is 322 g/mol. The van der Waals surface area contributed by atoms with Gasteiger partial charge < -0.3 is 14.8 Å². The van der Waals surface area contributed by atoms with Crippen molar-refractivity contribution in [3.05, 3.63) is 18.2 Å². The minimum absolute atomic E-state index is 0.112. The maximum absolute atomic E-state index is 12.3. The zero-order valence-corrected chi connectivity index (χ0v) is 14.3. The van der Waals surface area contributed by atoms with E-state index in [2.05, 4.69) is 21.8 Å². The molecule has 2 aliphatic heterocycles. The number of likely N-dealkylation sites (tertiary alicyclic amines) is 1. The molecule has 3 atom stereocenters. The second-order valence-corrected chi connectivity index (χ2v) is 7.46. The predicted molar refractivity (Wildman–Crippen MR) is 89.8 cm³/mol. The minimum atomic E-state index is 0.112. The summed E-state index contributed by atoms with van der Waals surface area (Å²) in [5.41, 5.74) is 0. The van der Waals surface area contributed by atoms with Crippen molar-refractivity contribution < 1.29 is 4.79 Å². The van der Waals surface area contributed by atoms with Crippen LogP contribution in [-0.4, -0.2) is 51.0 Å². The maximum atomic E-state index is 12.3. The zero-order valence-electron chi connectivity index (χ0n) is 13.5. The van der Waals surface area contributed by atoms with E-state index >= 15 is 0 Å². The van der Waals surface area contributed by atoms with Gasteiger partial charge in [-0.2, -0.15) is 11.8 Å². The van der Waals surface area contributed by atoms with Crippen LogP contribution in [0.1, 0.15) is 38.1 Å². The van der Waals surface area contributed by atoms with Gasteiger partial charge in [0.05, 0.1) is 6.04 Å². The number of amides is 1. The fourth-order valence-electron chi connectivity index (χ4n) is 3.65. The molecule has 3 heterocycles. The molecule has 122 valence electrons. The van der Waals surface area contributed by atoms with Crippen LogP contribution < -0.4 is 5.32 Å². The smallest absolute Gasteiger partial charge is 0.223 e. The van der Waals surface area contributed by atoms with E-state index in [4.69, 9.17) is 0 Å². The van der Waals surface area contributed by atoms with Crippen LogP contribution in [0, 0.1) is 5.92 Å². The molecule has 2 fully saturated rings. The number of aryl methyl sites for hydroxylation is 1. The molecule has 1 aromatic heterocycles. The Morgan fingerprint density at radius 2 is 2.36 bits per heavy atom. The van der Waals surface area contributed by atoms with Crippen LogP contribution in [0.3, 0.4) is 0 Å². The molecule has 22 heavy (non-hydrogen) atoms. The molecule has 3 rings (SSSR count). The number of hydrogen-bond donors (Lipinski definition) is 1. The molecule has 1 amide bonds. The molecule has 2 aliphatic rings. The Morgan fingerprint density at radius 3 is 3.00 bits per heavy atom. The Balaban J connectivity index is 1.70. The summed E-state index contributed by atoms with van der Waals surface area (Å²) in [6.07, 6.45) is 6.99. The summed E-state index contributed by atoms with van der Waals surface area (Å²) in [5.74, 6) is 4.09. The number of aromatic nitrogens is 2. The third-order valence-electron chi connectivity index (χ3n) is 4.83. The molecule has 1 N–H and O–H groups in total. The maximum Gasteiger partial charge on any atom is 0.223 e. The number of carbonyl (C=O) groups excluding carboxylic acids is 1. The third-order valence-corrected chi connectivity index (χ3v) is 6.05. The van der Waals surface area contributed by atoms with Crippen molar-refractivity contribution in [2.24, 2.45) is 13.0 Å². The summed E-state index contributed by atoms with van der Waals surface area (Å²) in [7, 11) is 2.02. The van der Waals surface area contributed by atoms with Crippen molar-refractivity contribution in [3.8, 4) is 0 Å². The Bertz CT molecular complexity index is 512. The van der Waals surface area contributed by atoms with E-state index in [1.165, 1.54) is 24.3 Å². The summed E-state index contributed by atoms with van der Waals surface area (Å²) in [6.45, 7) is 3.72. The first kappa shape index (κ1) is 15.9. The van der Waals surface area contributed by atoms with Gasteiger partial charge in [0.2, 0.25) is 5.91 Å². The van der Waals surface area contributed by atoms with Gasteiger partial charge in [0.1, 0.15) is 5.82 Å². The summed E-state index contributed by atoms with van der Waals surface area (Å²) < 4.78 is 2.05. The number of nitrogens with zero attached hydrogens (tertiary/aromatic N) is 3. The van der Waals surface area contributed by atoms with E-state index in [1.54, 1.807) is 0 Å². The largest absolute Gasteiger partial charge is 0.336 e. The van der Waals surface area contributed by atoms with Crippen LogP contribution in [0.15, 0.2) is 12.4 Å². The topological polar surface area (TPSA) is 50.2 Å². The van der Waals surface area contributed by atoms with E-state index < -0.39 is 0 Å². The molecule has 2 saturated heterocycles. The molecule has 5 nitrogen and oxygen atoms in total. The van der Waals surface area contributed by atoms with Crippen LogP contribution in [0.2, 0.25) is 0 Å². The summed E-state index contributed by atoms with van der Waals surface area (Å²) in [4.78, 5) is 18.8. The molecule has 0 aliphatic carbocycles. The van der Waals surface area contributed by atoms with Gasteiger partial charge in [0.25, 0.3) is 0 Å². The number of nitrogens with one attached hydrogen (secondary N) is 1. The van der Waals surface area contributed by atoms with E-state index in [0.717, 1.165) is 18.9 Å². The van der Waals surface area contributed by atoms with Crippen LogP contribution in [0.25, 0.3) is 0 Å². The molecular formula is C16H26N4OS. The molecule has 1 unspecified atom stereocenters. The first-order valence-electron chi connectivity index (χ1n) is 8.28. The lowest BCUT2D eigenvalue weighted by atomic mass is 9.98. The number of carbonyl (C=O) groups is 1. The van der Waals surface area contributed by atoms with Gasteiger partial charge in [-0.05, 0) is 25.5 Å². The Morgan fingerprint density at radius 1 is 1.50 bits per heavy atom. The van der Waals surface area contributed by atoms with E-state index in [0.29, 0.717) is 18.4 Å². The van der Waals surface area contributed by atoms with Crippen molar-refractivity contribution in [1.29, 1.82) is 0 Å². The van der Waals surface area contributed by atoms with Crippen molar-refractivity contribution in [2.75, 3.05) is 24.6 Å². The lowest BCUT2D eigenvalue weighted by molar-refractivity contribution is -0.128. The van der Waals surface area contributed by atoms with Crippen molar-refractivity contribution >= 4 is 17.7 Å². The molecule has 6 heteroatoms. The molecule has 0 radical (unpaired) electrons. The van der Waals surface area contributed by atoms with E-state index in [9.17, 15) is 4.79 Å². The van der Waals surface area contributed by atoms with Crippen LogP contribution >= 0.6 is 11.8 Å². The second kappa shape index (κ2) is 7.04. The van der Waals surface area contributed by atoms with E-state index in [-0.39, 0.29) is 11.9 Å². The van der Waals surface area contributed by atoms with Crippen LogP contribution in [0.5, 0.6) is 0 Å². The average Bonchev–Trinajstić information content (AvgIpc) is 3.08. The predicted octanol–water partition coefficient (Wildman–Crippen LogP) is 1.81. The highest BCUT2D eigenvalue weighted by molar-refractivity contribution is 7.99. The zero-order chi connectivity index (χ0) is 15.5. The molecular weight excluding hydrogens is 296 g/mol. The number of imidazole rings is 1. The quantitative estimate of drug-likeness (QED) is 0.898. The SMILES string of the molecule is CCN1C(=O)C[C@@H](CNC2CCCSC2)[C@@H]1c1nccn1C. The van der Waals surface area contributed by atoms with Crippen LogP contribution in [-0.2, 0) is 11.8 Å². The van der Waals surface area contributed by atoms with Gasteiger partial charge in [-0.15, -0.1) is 0 Å². The summed E-state index contributed by atoms with van der Waals surface area (Å²) in [6, 6.07) is 0.716. The Hall–Kier alpha value is -1.01. The lowest BCUT2D eigenvalue weighted by Crippen LogP contribution is -2.39. The summed E-state index contributed by atoms with van der Waals surface area (Å²) in [5, 5.41) is 3.70. The number of rotatable bonds is 5. The Kier molecular flexibility index (Phi) is 5.08. The fourth-order valence-corrected chi connectivity index (χ4v) is 4.76. The van der Waals surface area contributed by atoms with Gasteiger partial charge in [-0.1, -0.05) is 0 Å². The van der Waals surface area contributed by atoms with Crippen LogP contribution in [0.4, 0.5) is 0 Å². The first-order chi connectivity index (χ1) is 10.7. The van der Waals surface area contributed by atoms with Crippen molar-refractivity contribution in [2.45, 2.75) is 38.3 Å². The number of hydrogen-bond acceptors (Lipinski definition) is 4. The average molecular weight is 322 g/mol. The van der Waals surface area contributed by atoms with Gasteiger partial charge >= 0.3 is 0 Å². The molecule has 1 aromatic rings. The number of thioether (sulfide) groups is 1. The minimum Gasteiger partial charge on any atom is -0.336 e. The fraction of sp³-hybridized carbons (Fsp3) is 0.750. The molecule has 0 aromatic carbocycles. The highest BCUT2D eigenvalue weighted by Gasteiger charge is 2.41. The highest BCUT2D eigenvalue weighted by Crippen LogP contribution is 2.36. The highest BCUT2D eigenvalue weighted by atomic mass is 32.2. The van der Waals surface area contributed by atoms with E-state index in [1.807, 2.05) is 36.1 Å². The first-order valence-corrected chi connectivity index (χ1v) is 9.44. The van der Waals surface area contributed by atoms with Gasteiger partial charge in [-0.25, -0.2) is 4.98 Å². The second-order valence-electron chi connectivity index (χ2n) is 6.31. The normalized spacial score (nSPS) is 29.3. The third kappa shape index (κ3) is 3.18. The Labute approximate surface area is 136 Å². The van der Waals surface area contributed by atoms with Gasteiger partial charge in [-0.3, -0.25) is 4.79 Å². The van der Waals surface area contributed by atoms with Gasteiger partial charge in [0.15, 0.2) is 0 Å². The summed E-state index contributed by atoms with van der Waals surface area (Å²) >= 11 is 2.04. The lowest BCUT2D eigenvalue weighted by Gasteiger charge is -2.29. The molecule has 0 spiro atoms. The van der Waals surface area contributed by atoms with Gasteiger partial charge in [0, 0.05) is 56.7 Å². The molecule has 0 saturated carbocycles.